The molecule has 118 valence electrons. The second-order valence-electron chi connectivity index (χ2n) is 5.20. The van der Waals surface area contributed by atoms with Crippen LogP contribution >= 0.6 is 11.3 Å². The maximum atomic E-state index is 13.3. The highest BCUT2D eigenvalue weighted by Crippen LogP contribution is 2.20. The molecule has 0 amide bonds. The van der Waals surface area contributed by atoms with Gasteiger partial charge >= 0.3 is 5.97 Å². The van der Waals surface area contributed by atoms with Crippen LogP contribution in [-0.2, 0) is 11.3 Å². The van der Waals surface area contributed by atoms with E-state index in [1.165, 1.54) is 12.1 Å². The summed E-state index contributed by atoms with van der Waals surface area (Å²) in [5.41, 5.74) is 1.12. The highest BCUT2D eigenvalue weighted by molar-refractivity contribution is 7.09. The third kappa shape index (κ3) is 3.68. The van der Waals surface area contributed by atoms with Gasteiger partial charge in [-0.25, -0.2) is 9.18 Å². The monoisotopic (exact) mass is 329 g/mol. The largest absolute Gasteiger partial charge is 0.453 e. The Hall–Kier alpha value is -2.40. The minimum atomic E-state index is -0.511. The number of halogens is 1. The predicted molar refractivity (Wildman–Crippen MR) is 88.1 cm³/mol. The van der Waals surface area contributed by atoms with Gasteiger partial charge in [0.15, 0.2) is 0 Å². The van der Waals surface area contributed by atoms with Gasteiger partial charge in [0.2, 0.25) is 0 Å². The lowest BCUT2D eigenvalue weighted by atomic mass is 10.1. The molecule has 0 N–H and O–H groups in total. The number of ether oxygens (including phenoxy) is 1. The summed E-state index contributed by atoms with van der Waals surface area (Å²) in [6.45, 7) is 2.36. The maximum Gasteiger partial charge on any atom is 0.355 e. The molecule has 0 saturated heterocycles. The van der Waals surface area contributed by atoms with Crippen molar-refractivity contribution in [3.05, 3.63) is 82.1 Å². The smallest absolute Gasteiger partial charge is 0.355 e. The first kappa shape index (κ1) is 15.5. The van der Waals surface area contributed by atoms with Crippen LogP contribution in [0, 0.1) is 5.82 Å². The molecule has 0 radical (unpaired) electrons. The number of esters is 1. The van der Waals surface area contributed by atoms with Crippen LogP contribution in [0.15, 0.2) is 60.1 Å². The number of hydrogen-bond acceptors (Lipinski definition) is 3. The fourth-order valence-electron chi connectivity index (χ4n) is 2.36. The van der Waals surface area contributed by atoms with Crippen LogP contribution < -0.4 is 0 Å². The van der Waals surface area contributed by atoms with Crippen LogP contribution in [0.25, 0.3) is 0 Å². The van der Waals surface area contributed by atoms with Gasteiger partial charge in [-0.3, -0.25) is 0 Å². The fourth-order valence-corrected chi connectivity index (χ4v) is 3.06. The van der Waals surface area contributed by atoms with Crippen molar-refractivity contribution in [3.8, 4) is 0 Å². The van der Waals surface area contributed by atoms with Gasteiger partial charge in [-0.15, -0.1) is 11.3 Å². The van der Waals surface area contributed by atoms with Gasteiger partial charge in [-0.2, -0.15) is 0 Å². The van der Waals surface area contributed by atoms with Crippen molar-refractivity contribution in [3.63, 3.8) is 0 Å². The van der Waals surface area contributed by atoms with Crippen LogP contribution in [-0.4, -0.2) is 10.5 Å². The number of carbonyl (C=O) groups excluding carboxylic acids is 1. The summed E-state index contributed by atoms with van der Waals surface area (Å²) in [6.07, 6.45) is 1.34. The summed E-state index contributed by atoms with van der Waals surface area (Å²) < 4.78 is 20.6. The van der Waals surface area contributed by atoms with E-state index in [1.54, 1.807) is 36.5 Å². The van der Waals surface area contributed by atoms with Crippen molar-refractivity contribution in [2.75, 3.05) is 0 Å². The lowest BCUT2D eigenvalue weighted by Crippen LogP contribution is -2.14. The van der Waals surface area contributed by atoms with Gasteiger partial charge in [-0.1, -0.05) is 18.2 Å². The Morgan fingerprint density at radius 2 is 2.13 bits per heavy atom. The Kier molecular flexibility index (Phi) is 4.57. The van der Waals surface area contributed by atoms with Crippen molar-refractivity contribution >= 4 is 17.3 Å². The SMILES string of the molecule is CC(OC(=O)c1cccn1Cc1cccs1)c1cccc(F)c1. The number of thiophene rings is 1. The molecule has 1 aromatic carbocycles. The summed E-state index contributed by atoms with van der Waals surface area (Å²) >= 11 is 1.64. The Bertz CT molecular complexity index is 795. The summed E-state index contributed by atoms with van der Waals surface area (Å²) in [6, 6.07) is 13.6. The van der Waals surface area contributed by atoms with Crippen molar-refractivity contribution in [2.24, 2.45) is 0 Å². The lowest BCUT2D eigenvalue weighted by molar-refractivity contribution is 0.0325. The zero-order chi connectivity index (χ0) is 16.2. The minimum Gasteiger partial charge on any atom is -0.453 e. The highest BCUT2D eigenvalue weighted by atomic mass is 32.1. The molecule has 3 nitrogen and oxygen atoms in total. The van der Waals surface area contributed by atoms with Gasteiger partial charge in [0.25, 0.3) is 0 Å². The molecule has 3 rings (SSSR count). The molecule has 0 saturated carbocycles. The lowest BCUT2D eigenvalue weighted by Gasteiger charge is -2.15. The number of carbonyl (C=O) groups is 1. The molecule has 0 aliphatic rings. The number of aromatic nitrogens is 1. The number of benzene rings is 1. The molecular weight excluding hydrogens is 313 g/mol. The van der Waals surface area contributed by atoms with Crippen molar-refractivity contribution in [1.29, 1.82) is 0 Å². The van der Waals surface area contributed by atoms with Gasteiger partial charge in [0.05, 0.1) is 6.54 Å². The van der Waals surface area contributed by atoms with Crippen LogP contribution in [0.2, 0.25) is 0 Å². The zero-order valence-corrected chi connectivity index (χ0v) is 13.4. The molecule has 2 heterocycles. The van der Waals surface area contributed by atoms with Gasteiger partial charge in [0.1, 0.15) is 17.6 Å². The van der Waals surface area contributed by atoms with Crippen molar-refractivity contribution in [1.82, 2.24) is 4.57 Å². The first-order chi connectivity index (χ1) is 11.1. The predicted octanol–water partition coefficient (Wildman–Crippen LogP) is 4.66. The van der Waals surface area contributed by atoms with E-state index in [9.17, 15) is 9.18 Å². The second-order valence-corrected chi connectivity index (χ2v) is 6.24. The Balaban J connectivity index is 1.72. The third-order valence-electron chi connectivity index (χ3n) is 3.55. The summed E-state index contributed by atoms with van der Waals surface area (Å²) in [5, 5.41) is 2.00. The van der Waals surface area contributed by atoms with E-state index in [1.807, 2.05) is 34.3 Å². The molecule has 0 bridgehead atoms. The standard InChI is InChI=1S/C18H16FNO2S/c1-13(14-5-2-6-15(19)11-14)22-18(21)17-8-3-9-20(17)12-16-7-4-10-23-16/h2-11,13H,12H2,1H3. The quantitative estimate of drug-likeness (QED) is 0.638. The van der Waals surface area contributed by atoms with Crippen molar-refractivity contribution < 1.29 is 13.9 Å². The van der Waals surface area contributed by atoms with Gasteiger partial charge in [-0.05, 0) is 48.2 Å². The molecule has 23 heavy (non-hydrogen) atoms. The van der Waals surface area contributed by atoms with Crippen LogP contribution in [0.3, 0.4) is 0 Å². The summed E-state index contributed by atoms with van der Waals surface area (Å²) in [5.74, 6) is -0.755. The minimum absolute atomic E-state index is 0.341. The Labute approximate surface area is 138 Å². The van der Waals surface area contributed by atoms with Crippen LogP contribution in [0.5, 0.6) is 0 Å². The number of nitrogens with zero attached hydrogens (tertiary/aromatic N) is 1. The Morgan fingerprint density at radius 1 is 1.26 bits per heavy atom. The molecule has 0 aliphatic heterocycles. The van der Waals surface area contributed by atoms with E-state index in [0.717, 1.165) is 4.88 Å². The van der Waals surface area contributed by atoms with Gasteiger partial charge < -0.3 is 9.30 Å². The maximum absolute atomic E-state index is 13.3. The molecule has 5 heteroatoms. The third-order valence-corrected chi connectivity index (χ3v) is 4.41. The molecule has 0 fully saturated rings. The zero-order valence-electron chi connectivity index (χ0n) is 12.6. The first-order valence-corrected chi connectivity index (χ1v) is 8.15. The second kappa shape index (κ2) is 6.79. The number of rotatable bonds is 5. The molecule has 0 aliphatic carbocycles. The fraction of sp³-hybridized carbons (Fsp3) is 0.167. The van der Waals surface area contributed by atoms with Crippen LogP contribution in [0.1, 0.15) is 34.0 Å². The average molecular weight is 329 g/mol. The van der Waals surface area contributed by atoms with E-state index in [4.69, 9.17) is 4.74 Å². The van der Waals surface area contributed by atoms with E-state index in [-0.39, 0.29) is 5.82 Å². The first-order valence-electron chi connectivity index (χ1n) is 7.27. The summed E-state index contributed by atoms with van der Waals surface area (Å²) in [4.78, 5) is 13.6. The van der Waals surface area contributed by atoms with E-state index >= 15 is 0 Å². The molecule has 1 unspecified atom stereocenters. The molecule has 0 spiro atoms. The van der Waals surface area contributed by atoms with E-state index < -0.39 is 12.1 Å². The Morgan fingerprint density at radius 3 is 2.87 bits per heavy atom. The molecule has 2 aromatic heterocycles. The summed E-state index contributed by atoms with van der Waals surface area (Å²) in [7, 11) is 0. The van der Waals surface area contributed by atoms with E-state index in [0.29, 0.717) is 17.8 Å². The van der Waals surface area contributed by atoms with Gasteiger partial charge in [0, 0.05) is 11.1 Å². The normalized spacial score (nSPS) is 12.1. The highest BCUT2D eigenvalue weighted by Gasteiger charge is 2.17. The van der Waals surface area contributed by atoms with E-state index in [2.05, 4.69) is 0 Å². The van der Waals surface area contributed by atoms with Crippen LogP contribution in [0.4, 0.5) is 4.39 Å². The topological polar surface area (TPSA) is 31.2 Å². The van der Waals surface area contributed by atoms with Crippen molar-refractivity contribution in [2.45, 2.75) is 19.6 Å². The number of hydrogen-bond donors (Lipinski definition) is 0. The molecular formula is C18H16FNO2S. The molecule has 3 aromatic rings. The average Bonchev–Trinajstić information content (AvgIpc) is 3.19. The molecule has 1 atom stereocenters.